The molecule has 9 heteroatoms. The highest BCUT2D eigenvalue weighted by molar-refractivity contribution is 7.09. The van der Waals surface area contributed by atoms with Gasteiger partial charge in [-0.1, -0.05) is 0 Å². The second kappa shape index (κ2) is 6.77. The molecule has 0 unspecified atom stereocenters. The van der Waals surface area contributed by atoms with Gasteiger partial charge in [-0.3, -0.25) is 4.79 Å². The summed E-state index contributed by atoms with van der Waals surface area (Å²) in [5.74, 6) is -3.01. The molecule has 1 aromatic carbocycles. The van der Waals surface area contributed by atoms with Crippen LogP contribution in [0.3, 0.4) is 0 Å². The molecular formula is C20H20F2N2O4S. The maximum atomic E-state index is 13.9. The number of fused-ring (bicyclic) bond motifs is 1. The molecule has 0 bridgehead atoms. The van der Waals surface area contributed by atoms with Gasteiger partial charge in [0.25, 0.3) is 5.91 Å². The summed E-state index contributed by atoms with van der Waals surface area (Å²) in [6, 6.07) is 3.24. The molecule has 2 aromatic heterocycles. The van der Waals surface area contributed by atoms with Crippen LogP contribution in [0.15, 0.2) is 22.1 Å². The topological polar surface area (TPSA) is 98.6 Å². The largest absolute Gasteiger partial charge is 0.488 e. The van der Waals surface area contributed by atoms with Crippen LogP contribution in [-0.4, -0.2) is 28.5 Å². The molecule has 1 aliphatic carbocycles. The van der Waals surface area contributed by atoms with Crippen LogP contribution in [0, 0.1) is 13.8 Å². The zero-order valence-corrected chi connectivity index (χ0v) is 16.7. The Morgan fingerprint density at radius 2 is 2.10 bits per heavy atom. The molecule has 0 radical (unpaired) electrons. The van der Waals surface area contributed by atoms with Crippen LogP contribution in [0.1, 0.15) is 45.1 Å². The maximum Gasteiger partial charge on any atom is 0.252 e. The summed E-state index contributed by atoms with van der Waals surface area (Å²) in [4.78, 5) is 17.2. The normalized spacial score (nSPS) is 17.3. The van der Waals surface area contributed by atoms with Crippen LogP contribution >= 0.6 is 11.3 Å². The van der Waals surface area contributed by atoms with E-state index in [1.54, 1.807) is 24.6 Å². The summed E-state index contributed by atoms with van der Waals surface area (Å²) in [6.07, 6.45) is -1.10. The fourth-order valence-corrected chi connectivity index (χ4v) is 4.84. The zero-order chi connectivity index (χ0) is 21.0. The lowest BCUT2D eigenvalue weighted by atomic mass is 9.61. The molecule has 3 aromatic rings. The van der Waals surface area contributed by atoms with E-state index in [0.29, 0.717) is 28.0 Å². The quantitative estimate of drug-likeness (QED) is 0.629. The fraction of sp³-hybridized carbons (Fsp3) is 0.400. The van der Waals surface area contributed by atoms with Crippen LogP contribution in [0.4, 0.5) is 8.78 Å². The molecule has 1 fully saturated rings. The average molecular weight is 422 g/mol. The van der Waals surface area contributed by atoms with E-state index in [-0.39, 0.29) is 12.2 Å². The number of aliphatic hydroxyl groups excluding tert-OH is 1. The number of hydrogen-bond acceptors (Lipinski definition) is 6. The van der Waals surface area contributed by atoms with Crippen LogP contribution in [-0.2, 0) is 12.0 Å². The Balaban J connectivity index is 1.90. The summed E-state index contributed by atoms with van der Waals surface area (Å²) in [7, 11) is 0. The number of nitrogens with zero attached hydrogens (tertiary/aromatic N) is 1. The number of aliphatic hydroxyl groups is 1. The van der Waals surface area contributed by atoms with Crippen molar-refractivity contribution in [2.75, 3.05) is 6.61 Å². The van der Waals surface area contributed by atoms with Crippen molar-refractivity contribution in [3.8, 4) is 5.75 Å². The molecule has 0 spiro atoms. The fourth-order valence-electron chi connectivity index (χ4n) is 4.15. The molecule has 1 aliphatic rings. The van der Waals surface area contributed by atoms with Gasteiger partial charge in [0.1, 0.15) is 23.7 Å². The third-order valence-electron chi connectivity index (χ3n) is 5.47. The van der Waals surface area contributed by atoms with Gasteiger partial charge >= 0.3 is 0 Å². The van der Waals surface area contributed by atoms with Gasteiger partial charge < -0.3 is 20.0 Å². The Hall–Kier alpha value is -2.52. The van der Waals surface area contributed by atoms with E-state index >= 15 is 0 Å². The van der Waals surface area contributed by atoms with Gasteiger partial charge in [0.15, 0.2) is 0 Å². The number of thiazole rings is 1. The minimum Gasteiger partial charge on any atom is -0.488 e. The predicted molar refractivity (Wildman–Crippen MR) is 104 cm³/mol. The van der Waals surface area contributed by atoms with Gasteiger partial charge in [0, 0.05) is 29.2 Å². The Morgan fingerprint density at radius 1 is 1.38 bits per heavy atom. The number of primary amides is 1. The van der Waals surface area contributed by atoms with Crippen molar-refractivity contribution in [2.45, 2.75) is 44.6 Å². The minimum absolute atomic E-state index is 0.123. The maximum absolute atomic E-state index is 13.9. The standard InChI is InChI=1S/C20H20F2N2O4S/c1-10-14(29-9-24-10)5-27-13-4-3-12-16(15(18(23)26)11(2)28-12)17(13)19(8-25)6-20(21,22)7-19/h3-4,9,25H,5-8H2,1-2H3,(H2,23,26). The van der Waals surface area contributed by atoms with Gasteiger partial charge in [-0.15, -0.1) is 11.3 Å². The number of hydrogen-bond donors (Lipinski definition) is 2. The average Bonchev–Trinajstić information content (AvgIpc) is 3.18. The van der Waals surface area contributed by atoms with Crippen molar-refractivity contribution in [3.63, 3.8) is 0 Å². The number of rotatable bonds is 6. The first-order chi connectivity index (χ1) is 13.7. The van der Waals surface area contributed by atoms with Gasteiger partial charge in [-0.25, -0.2) is 13.8 Å². The third-order valence-corrected chi connectivity index (χ3v) is 6.38. The molecule has 0 saturated heterocycles. The number of aryl methyl sites for hydroxylation is 2. The lowest BCUT2D eigenvalue weighted by Gasteiger charge is -2.47. The van der Waals surface area contributed by atoms with Crippen molar-refractivity contribution in [3.05, 3.63) is 45.1 Å². The van der Waals surface area contributed by atoms with Gasteiger partial charge in [0.2, 0.25) is 5.92 Å². The Kier molecular flexibility index (Phi) is 4.62. The van der Waals surface area contributed by atoms with Crippen LogP contribution in [0.5, 0.6) is 5.75 Å². The highest BCUT2D eigenvalue weighted by atomic mass is 32.1. The molecule has 154 valence electrons. The van der Waals surface area contributed by atoms with Crippen LogP contribution in [0.25, 0.3) is 11.0 Å². The van der Waals surface area contributed by atoms with Crippen molar-refractivity contribution >= 4 is 28.2 Å². The van der Waals surface area contributed by atoms with Gasteiger partial charge in [0.05, 0.1) is 28.3 Å². The molecule has 3 N–H and O–H groups in total. The van der Waals surface area contributed by atoms with E-state index in [9.17, 15) is 18.7 Å². The number of nitrogens with two attached hydrogens (primary N) is 1. The predicted octanol–water partition coefficient (Wildman–Crippen LogP) is 3.84. The number of carbonyl (C=O) groups is 1. The molecule has 0 aliphatic heterocycles. The van der Waals surface area contributed by atoms with E-state index in [2.05, 4.69) is 4.98 Å². The summed E-state index contributed by atoms with van der Waals surface area (Å²) >= 11 is 1.43. The van der Waals surface area contributed by atoms with E-state index in [1.807, 2.05) is 6.92 Å². The second-order valence-electron chi connectivity index (χ2n) is 7.51. The highest BCUT2D eigenvalue weighted by Crippen LogP contribution is 2.57. The van der Waals surface area contributed by atoms with Crippen molar-refractivity contribution in [1.82, 2.24) is 4.98 Å². The van der Waals surface area contributed by atoms with E-state index in [0.717, 1.165) is 10.6 Å². The number of aromatic nitrogens is 1. The van der Waals surface area contributed by atoms with Gasteiger partial charge in [-0.05, 0) is 26.0 Å². The smallest absolute Gasteiger partial charge is 0.252 e. The van der Waals surface area contributed by atoms with Crippen molar-refractivity contribution in [2.24, 2.45) is 5.73 Å². The Morgan fingerprint density at radius 3 is 2.66 bits per heavy atom. The molecule has 1 amide bonds. The van der Waals surface area contributed by atoms with Crippen molar-refractivity contribution in [1.29, 1.82) is 0 Å². The Labute approximate surface area is 169 Å². The van der Waals surface area contributed by atoms with E-state index < -0.39 is 36.7 Å². The van der Waals surface area contributed by atoms with E-state index in [1.165, 1.54) is 11.3 Å². The third kappa shape index (κ3) is 3.18. The first-order valence-corrected chi connectivity index (χ1v) is 9.92. The zero-order valence-electron chi connectivity index (χ0n) is 15.9. The molecule has 29 heavy (non-hydrogen) atoms. The Bertz CT molecular complexity index is 1100. The van der Waals surface area contributed by atoms with Crippen LogP contribution < -0.4 is 10.5 Å². The number of amides is 1. The molecule has 0 atom stereocenters. The number of ether oxygens (including phenoxy) is 1. The monoisotopic (exact) mass is 422 g/mol. The molecule has 1 saturated carbocycles. The molecule has 4 rings (SSSR count). The minimum atomic E-state index is -2.90. The summed E-state index contributed by atoms with van der Waals surface area (Å²) in [6.45, 7) is 3.12. The lowest BCUT2D eigenvalue weighted by molar-refractivity contribution is -0.139. The second-order valence-corrected chi connectivity index (χ2v) is 8.45. The molecule has 6 nitrogen and oxygen atoms in total. The SMILES string of the molecule is Cc1ncsc1COc1ccc2oc(C)c(C(N)=O)c2c1C1(CO)CC(F)(F)C1. The first kappa shape index (κ1) is 19.8. The number of alkyl halides is 2. The van der Waals surface area contributed by atoms with Crippen LogP contribution in [0.2, 0.25) is 0 Å². The lowest BCUT2D eigenvalue weighted by Crippen LogP contribution is -2.52. The van der Waals surface area contributed by atoms with E-state index in [4.69, 9.17) is 14.9 Å². The van der Waals surface area contributed by atoms with Crippen molar-refractivity contribution < 1.29 is 27.8 Å². The summed E-state index contributed by atoms with van der Waals surface area (Å²) < 4.78 is 39.4. The number of carbonyl (C=O) groups excluding carboxylic acids is 1. The summed E-state index contributed by atoms with van der Waals surface area (Å²) in [5.41, 5.74) is 7.64. The highest BCUT2D eigenvalue weighted by Gasteiger charge is 2.59. The first-order valence-electron chi connectivity index (χ1n) is 9.04. The van der Waals surface area contributed by atoms with Gasteiger partial charge in [-0.2, -0.15) is 0 Å². The molecule has 2 heterocycles. The number of furan rings is 1. The summed E-state index contributed by atoms with van der Waals surface area (Å²) in [5, 5.41) is 10.4. The molecular weight excluding hydrogens is 402 g/mol. The number of halogens is 2. The number of benzene rings is 1.